The highest BCUT2D eigenvalue weighted by molar-refractivity contribution is 5.49. The molecule has 1 aromatic heterocycles. The Hall–Kier alpha value is -2.08. The van der Waals surface area contributed by atoms with Gasteiger partial charge in [-0.25, -0.2) is 4.98 Å². The van der Waals surface area contributed by atoms with Gasteiger partial charge in [0.15, 0.2) is 0 Å². The highest BCUT2D eigenvalue weighted by atomic mass is 19.4. The Balaban J connectivity index is 2.41. The number of pyridine rings is 1. The lowest BCUT2D eigenvalue weighted by molar-refractivity contribution is -0.137. The molecule has 0 bridgehead atoms. The maximum atomic E-state index is 13.0. The van der Waals surface area contributed by atoms with Crippen molar-refractivity contribution in [3.8, 4) is 0 Å². The summed E-state index contributed by atoms with van der Waals surface area (Å²) in [5, 5.41) is 12.3. The number of hydrogen-bond donors (Lipinski definition) is 2. The predicted molar refractivity (Wildman–Crippen MR) is 73.7 cm³/mol. The second-order valence-electron chi connectivity index (χ2n) is 4.88. The van der Waals surface area contributed by atoms with Crippen LogP contribution in [0.25, 0.3) is 0 Å². The second-order valence-corrected chi connectivity index (χ2v) is 4.88. The Labute approximate surface area is 120 Å². The molecule has 1 aromatic carbocycles. The average Bonchev–Trinajstić information content (AvgIpc) is 2.47. The molecule has 0 amide bonds. The Kier molecular flexibility index (Phi) is 4.18. The van der Waals surface area contributed by atoms with Gasteiger partial charge in [-0.2, -0.15) is 13.2 Å². The van der Waals surface area contributed by atoms with E-state index in [0.29, 0.717) is 5.56 Å². The van der Waals surface area contributed by atoms with E-state index in [2.05, 4.69) is 10.3 Å². The molecule has 1 unspecified atom stereocenters. The van der Waals surface area contributed by atoms with Crippen LogP contribution in [-0.4, -0.2) is 16.7 Å². The van der Waals surface area contributed by atoms with Gasteiger partial charge >= 0.3 is 6.18 Å². The molecule has 0 spiro atoms. The minimum atomic E-state index is -4.51. The Morgan fingerprint density at radius 2 is 1.76 bits per heavy atom. The zero-order chi connectivity index (χ0) is 15.5. The van der Waals surface area contributed by atoms with Gasteiger partial charge in [0.25, 0.3) is 0 Å². The molecule has 0 aliphatic carbocycles. The van der Waals surface area contributed by atoms with Gasteiger partial charge in [-0.1, -0.05) is 30.3 Å². The number of aliphatic hydroxyl groups excluding tert-OH is 1. The highest BCUT2D eigenvalue weighted by Crippen LogP contribution is 2.35. The van der Waals surface area contributed by atoms with Crippen molar-refractivity contribution in [1.82, 2.24) is 4.98 Å². The molecular weight excluding hydrogens is 281 g/mol. The van der Waals surface area contributed by atoms with Crippen LogP contribution >= 0.6 is 0 Å². The molecule has 6 heteroatoms. The van der Waals surface area contributed by atoms with Crippen molar-refractivity contribution < 1.29 is 18.3 Å². The number of nitrogens with zero attached hydrogens (tertiary/aromatic N) is 1. The first-order chi connectivity index (χ1) is 9.87. The largest absolute Gasteiger partial charge is 0.419 e. The first-order valence-corrected chi connectivity index (χ1v) is 6.33. The third-order valence-corrected chi connectivity index (χ3v) is 3.23. The molecule has 1 heterocycles. The molecule has 0 aliphatic heterocycles. The summed E-state index contributed by atoms with van der Waals surface area (Å²) in [5.74, 6) is -0.301. The van der Waals surface area contributed by atoms with Gasteiger partial charge in [-0.3, -0.25) is 0 Å². The molecule has 3 nitrogen and oxygen atoms in total. The number of rotatable bonds is 4. The van der Waals surface area contributed by atoms with Crippen LogP contribution in [-0.2, 0) is 11.7 Å². The van der Waals surface area contributed by atoms with Gasteiger partial charge in [0.05, 0.1) is 17.7 Å². The molecule has 0 fully saturated rings. The van der Waals surface area contributed by atoms with Crippen molar-refractivity contribution in [1.29, 1.82) is 0 Å². The zero-order valence-corrected chi connectivity index (χ0v) is 11.4. The fourth-order valence-corrected chi connectivity index (χ4v) is 2.00. The fourth-order valence-electron chi connectivity index (χ4n) is 2.00. The third kappa shape index (κ3) is 3.33. The summed E-state index contributed by atoms with van der Waals surface area (Å²) >= 11 is 0. The SMILES string of the molecule is CC(CO)(Nc1ncccc1C(F)(F)F)c1ccccc1. The van der Waals surface area contributed by atoms with E-state index in [1.807, 2.05) is 0 Å². The van der Waals surface area contributed by atoms with Crippen molar-refractivity contribution in [3.63, 3.8) is 0 Å². The maximum Gasteiger partial charge on any atom is 0.419 e. The van der Waals surface area contributed by atoms with E-state index in [-0.39, 0.29) is 12.4 Å². The monoisotopic (exact) mass is 296 g/mol. The summed E-state index contributed by atoms with van der Waals surface area (Å²) in [6.45, 7) is 1.25. The standard InChI is InChI=1S/C15H15F3N2O/c1-14(10-21,11-6-3-2-4-7-11)20-13-12(15(16,17)18)8-5-9-19-13/h2-9,21H,10H2,1H3,(H,19,20). The predicted octanol–water partition coefficient (Wildman–Crippen LogP) is 3.42. The number of anilines is 1. The normalized spacial score (nSPS) is 14.5. The van der Waals surface area contributed by atoms with Gasteiger partial charge in [0.2, 0.25) is 0 Å². The molecule has 21 heavy (non-hydrogen) atoms. The smallest absolute Gasteiger partial charge is 0.394 e. The summed E-state index contributed by atoms with van der Waals surface area (Å²) in [6.07, 6.45) is -3.23. The minimum absolute atomic E-state index is 0.301. The molecule has 0 aliphatic rings. The number of aliphatic hydroxyl groups is 1. The average molecular weight is 296 g/mol. The number of benzene rings is 1. The lowest BCUT2D eigenvalue weighted by Gasteiger charge is -2.31. The van der Waals surface area contributed by atoms with Gasteiger partial charge in [-0.05, 0) is 24.6 Å². The molecule has 2 rings (SSSR count). The molecule has 1 atom stereocenters. The van der Waals surface area contributed by atoms with Crippen molar-refractivity contribution >= 4 is 5.82 Å². The van der Waals surface area contributed by atoms with Crippen LogP contribution in [0.1, 0.15) is 18.1 Å². The molecular formula is C15H15F3N2O. The molecule has 0 saturated carbocycles. The van der Waals surface area contributed by atoms with Crippen LogP contribution in [0.3, 0.4) is 0 Å². The topological polar surface area (TPSA) is 45.1 Å². The number of aromatic nitrogens is 1. The summed E-state index contributed by atoms with van der Waals surface area (Å²) in [6, 6.07) is 11.0. The number of halogens is 3. The van der Waals surface area contributed by atoms with E-state index >= 15 is 0 Å². The molecule has 112 valence electrons. The summed E-state index contributed by atoms with van der Waals surface area (Å²) in [4.78, 5) is 3.76. The van der Waals surface area contributed by atoms with Crippen LogP contribution < -0.4 is 5.32 Å². The van der Waals surface area contributed by atoms with Gasteiger partial charge < -0.3 is 10.4 Å². The van der Waals surface area contributed by atoms with Gasteiger partial charge in [0, 0.05) is 6.20 Å². The number of nitrogens with one attached hydrogen (secondary N) is 1. The lowest BCUT2D eigenvalue weighted by atomic mass is 9.92. The Morgan fingerprint density at radius 1 is 1.10 bits per heavy atom. The quantitative estimate of drug-likeness (QED) is 0.908. The summed E-state index contributed by atoms with van der Waals surface area (Å²) < 4.78 is 39.0. The Morgan fingerprint density at radius 3 is 2.33 bits per heavy atom. The van der Waals surface area contributed by atoms with Crippen molar-refractivity contribution in [2.24, 2.45) is 0 Å². The third-order valence-electron chi connectivity index (χ3n) is 3.23. The number of hydrogen-bond acceptors (Lipinski definition) is 3. The van der Waals surface area contributed by atoms with E-state index in [1.165, 1.54) is 12.3 Å². The molecule has 2 N–H and O–H groups in total. The second kappa shape index (κ2) is 5.73. The van der Waals surface area contributed by atoms with E-state index < -0.39 is 17.3 Å². The van der Waals surface area contributed by atoms with Crippen LogP contribution in [0.15, 0.2) is 48.7 Å². The first kappa shape index (κ1) is 15.3. The van der Waals surface area contributed by atoms with Crippen LogP contribution in [0.4, 0.5) is 19.0 Å². The lowest BCUT2D eigenvalue weighted by Crippen LogP contribution is -2.37. The van der Waals surface area contributed by atoms with Crippen LogP contribution in [0, 0.1) is 0 Å². The van der Waals surface area contributed by atoms with Crippen LogP contribution in [0.5, 0.6) is 0 Å². The molecule has 0 radical (unpaired) electrons. The maximum absolute atomic E-state index is 13.0. The van der Waals surface area contributed by atoms with E-state index in [4.69, 9.17) is 0 Å². The van der Waals surface area contributed by atoms with E-state index in [1.54, 1.807) is 37.3 Å². The van der Waals surface area contributed by atoms with Crippen LogP contribution in [0.2, 0.25) is 0 Å². The van der Waals surface area contributed by atoms with Gasteiger partial charge in [-0.15, -0.1) is 0 Å². The highest BCUT2D eigenvalue weighted by Gasteiger charge is 2.36. The Bertz CT molecular complexity index is 601. The van der Waals surface area contributed by atoms with E-state index in [0.717, 1.165) is 6.07 Å². The zero-order valence-electron chi connectivity index (χ0n) is 11.4. The number of alkyl halides is 3. The van der Waals surface area contributed by atoms with Crippen molar-refractivity contribution in [2.45, 2.75) is 18.6 Å². The minimum Gasteiger partial charge on any atom is -0.394 e. The van der Waals surface area contributed by atoms with E-state index in [9.17, 15) is 18.3 Å². The molecule has 0 saturated heterocycles. The first-order valence-electron chi connectivity index (χ1n) is 6.33. The fraction of sp³-hybridized carbons (Fsp3) is 0.267. The summed E-state index contributed by atoms with van der Waals surface area (Å²) in [5.41, 5.74) is -1.25. The van der Waals surface area contributed by atoms with Crippen molar-refractivity contribution in [3.05, 3.63) is 59.8 Å². The van der Waals surface area contributed by atoms with Crippen molar-refractivity contribution in [2.75, 3.05) is 11.9 Å². The molecule has 2 aromatic rings. The summed E-state index contributed by atoms with van der Waals surface area (Å²) in [7, 11) is 0. The van der Waals surface area contributed by atoms with Gasteiger partial charge in [0.1, 0.15) is 5.82 Å².